The first-order chi connectivity index (χ1) is 11.3. The van der Waals surface area contributed by atoms with Crippen LogP contribution >= 0.6 is 0 Å². The average Bonchev–Trinajstić information content (AvgIpc) is 3.04. The number of carbonyl (C=O) groups excluding carboxylic acids is 1. The first-order valence-corrected chi connectivity index (χ1v) is 7.65. The number of azo groups is 1. The number of aromatic nitrogens is 2. The first kappa shape index (κ1) is 17.9. The van der Waals surface area contributed by atoms with Crippen LogP contribution in [-0.4, -0.2) is 59.6 Å². The molecule has 1 aliphatic heterocycles. The lowest BCUT2D eigenvalue weighted by Crippen LogP contribution is -2.36. The van der Waals surface area contributed by atoms with Crippen molar-refractivity contribution in [3.8, 4) is 0 Å². The van der Waals surface area contributed by atoms with Crippen LogP contribution < -0.4 is 0 Å². The molecule has 0 saturated carbocycles. The summed E-state index contributed by atoms with van der Waals surface area (Å²) in [7, 11) is 1.22. The maximum absolute atomic E-state index is 11.9. The second-order valence-corrected chi connectivity index (χ2v) is 6.35. The summed E-state index contributed by atoms with van der Waals surface area (Å²) < 4.78 is 9.90. The van der Waals surface area contributed by atoms with Crippen LogP contribution in [0.5, 0.6) is 0 Å². The molecule has 9 nitrogen and oxygen atoms in total. The van der Waals surface area contributed by atoms with Crippen LogP contribution in [0.2, 0.25) is 0 Å². The van der Waals surface area contributed by atoms with Crippen LogP contribution in [0.3, 0.4) is 0 Å². The van der Waals surface area contributed by atoms with Gasteiger partial charge in [0.1, 0.15) is 0 Å². The number of ether oxygens (including phenoxy) is 2. The molecule has 2 rings (SSSR count). The molecule has 9 heteroatoms. The van der Waals surface area contributed by atoms with E-state index in [-0.39, 0.29) is 17.0 Å². The molecule has 1 aromatic rings. The highest BCUT2D eigenvalue weighted by Gasteiger charge is 2.23. The van der Waals surface area contributed by atoms with Crippen LogP contribution in [0.1, 0.15) is 26.5 Å². The Morgan fingerprint density at radius 1 is 1.42 bits per heavy atom. The zero-order valence-corrected chi connectivity index (χ0v) is 14.4. The molecule has 0 aliphatic carbocycles. The summed E-state index contributed by atoms with van der Waals surface area (Å²) in [6, 6.07) is 1.74. The van der Waals surface area contributed by atoms with Gasteiger partial charge in [-0.25, -0.2) is 4.79 Å². The Hall–Kier alpha value is -2.42. The molecule has 24 heavy (non-hydrogen) atoms. The highest BCUT2D eigenvalue weighted by atomic mass is 16.5. The van der Waals surface area contributed by atoms with Crippen LogP contribution in [0, 0.1) is 0 Å². The van der Waals surface area contributed by atoms with E-state index in [9.17, 15) is 9.90 Å². The zero-order chi connectivity index (χ0) is 17.7. The summed E-state index contributed by atoms with van der Waals surface area (Å²) in [5.74, 6) is -0.731. The summed E-state index contributed by atoms with van der Waals surface area (Å²) in [5, 5.41) is 25.0. The monoisotopic (exact) mass is 337 g/mol. The third kappa shape index (κ3) is 4.31. The van der Waals surface area contributed by atoms with Gasteiger partial charge in [-0.3, -0.25) is 5.10 Å². The van der Waals surface area contributed by atoms with Gasteiger partial charge in [-0.1, -0.05) is 20.8 Å². The van der Waals surface area contributed by atoms with Gasteiger partial charge >= 0.3 is 5.97 Å². The summed E-state index contributed by atoms with van der Waals surface area (Å²) in [6.45, 7) is 7.94. The lowest BCUT2D eigenvalue weighted by Gasteiger charge is -2.27. The molecule has 0 spiro atoms. The normalized spacial score (nSPS) is 17.1. The van der Waals surface area contributed by atoms with Crippen LogP contribution in [-0.2, 0) is 19.7 Å². The van der Waals surface area contributed by atoms with Gasteiger partial charge in [0.25, 0.3) is 0 Å². The lowest BCUT2D eigenvalue weighted by molar-refractivity contribution is -0.136. The largest absolute Gasteiger partial charge is 0.493 e. The number of carbonyl (C=O) groups is 1. The number of H-pyrrole nitrogens is 1. The third-order valence-electron chi connectivity index (χ3n) is 3.53. The molecule has 2 N–H and O–H groups in total. The lowest BCUT2D eigenvalue weighted by atomic mass is 9.92. The van der Waals surface area contributed by atoms with E-state index in [1.807, 2.05) is 20.8 Å². The highest BCUT2D eigenvalue weighted by Crippen LogP contribution is 2.24. The van der Waals surface area contributed by atoms with Crippen molar-refractivity contribution in [1.82, 2.24) is 15.1 Å². The van der Waals surface area contributed by atoms with Crippen molar-refractivity contribution >= 4 is 11.8 Å². The van der Waals surface area contributed by atoms with E-state index in [1.54, 1.807) is 11.0 Å². The van der Waals surface area contributed by atoms with Crippen LogP contribution in [0.15, 0.2) is 27.9 Å². The SMILES string of the molecule is COC(=O)/C(N=Nc1cc(C(C)(C)C)[nH]n1)=C(/O)N1CCOCC1. The molecular formula is C15H23N5O4. The van der Waals surface area contributed by atoms with Crippen molar-refractivity contribution in [1.29, 1.82) is 0 Å². The molecule has 0 radical (unpaired) electrons. The third-order valence-corrected chi connectivity index (χ3v) is 3.53. The van der Waals surface area contributed by atoms with E-state index in [2.05, 4.69) is 25.2 Å². The maximum Gasteiger partial charge on any atom is 0.364 e. The molecule has 0 atom stereocenters. The predicted molar refractivity (Wildman–Crippen MR) is 85.9 cm³/mol. The fraction of sp³-hybridized carbons (Fsp3) is 0.600. The minimum atomic E-state index is -0.769. The van der Waals surface area contributed by atoms with Crippen LogP contribution in [0.4, 0.5) is 5.82 Å². The molecule has 0 bridgehead atoms. The quantitative estimate of drug-likeness (QED) is 0.376. The molecule has 1 fully saturated rings. The molecule has 0 aromatic carbocycles. The minimum Gasteiger partial charge on any atom is -0.493 e. The van der Waals surface area contributed by atoms with Gasteiger partial charge in [0.15, 0.2) is 5.82 Å². The van der Waals surface area contributed by atoms with E-state index >= 15 is 0 Å². The van der Waals surface area contributed by atoms with E-state index in [4.69, 9.17) is 4.74 Å². The second-order valence-electron chi connectivity index (χ2n) is 6.35. The van der Waals surface area contributed by atoms with E-state index < -0.39 is 5.97 Å². The van der Waals surface area contributed by atoms with Gasteiger partial charge in [0.05, 0.1) is 20.3 Å². The summed E-state index contributed by atoms with van der Waals surface area (Å²) in [5.41, 5.74) is 0.509. The number of esters is 1. The Bertz CT molecular complexity index is 639. The Morgan fingerprint density at radius 3 is 2.62 bits per heavy atom. The number of aromatic amines is 1. The number of aliphatic hydroxyl groups excluding tert-OH is 1. The minimum absolute atomic E-state index is 0.113. The fourth-order valence-corrected chi connectivity index (χ4v) is 2.05. The number of methoxy groups -OCH3 is 1. The number of morpholine rings is 1. The Kier molecular flexibility index (Phi) is 5.55. The maximum atomic E-state index is 11.9. The van der Waals surface area contributed by atoms with Gasteiger partial charge in [0.2, 0.25) is 11.6 Å². The smallest absolute Gasteiger partial charge is 0.364 e. The summed E-state index contributed by atoms with van der Waals surface area (Å²) in [4.78, 5) is 13.5. The van der Waals surface area contributed by atoms with Gasteiger partial charge in [-0.05, 0) is 0 Å². The number of rotatable bonds is 4. The second kappa shape index (κ2) is 7.43. The standard InChI is InChI=1S/C15H23N5O4/c1-15(2,3)10-9-11(17-16-10)18-19-12(14(22)23-4)13(21)20-5-7-24-8-6-20/h9,21H,5-8H2,1-4H3,(H,16,17)/b13-12-,19-18?. The number of nitrogens with zero attached hydrogens (tertiary/aromatic N) is 4. The van der Waals surface area contributed by atoms with Crippen molar-refractivity contribution in [2.45, 2.75) is 26.2 Å². The zero-order valence-electron chi connectivity index (χ0n) is 14.4. The number of nitrogens with one attached hydrogen (secondary N) is 1. The topological polar surface area (TPSA) is 112 Å². The van der Waals surface area contributed by atoms with Crippen molar-refractivity contribution in [3.05, 3.63) is 23.3 Å². The molecule has 0 amide bonds. The van der Waals surface area contributed by atoms with Gasteiger partial charge in [0, 0.05) is 30.3 Å². The molecule has 1 saturated heterocycles. The highest BCUT2D eigenvalue weighted by molar-refractivity contribution is 5.88. The van der Waals surface area contributed by atoms with Crippen LogP contribution in [0.25, 0.3) is 0 Å². The van der Waals surface area contributed by atoms with E-state index in [1.165, 1.54) is 7.11 Å². The van der Waals surface area contributed by atoms with Gasteiger partial charge < -0.3 is 19.5 Å². The van der Waals surface area contributed by atoms with Gasteiger partial charge in [-0.2, -0.15) is 5.10 Å². The summed E-state index contributed by atoms with van der Waals surface area (Å²) >= 11 is 0. The predicted octanol–water partition coefficient (Wildman–Crippen LogP) is 2.02. The summed E-state index contributed by atoms with van der Waals surface area (Å²) in [6.07, 6.45) is 0. The molecule has 1 aliphatic rings. The van der Waals surface area contributed by atoms with Crippen molar-refractivity contribution in [2.24, 2.45) is 10.2 Å². The Morgan fingerprint density at radius 2 is 2.08 bits per heavy atom. The fourth-order valence-electron chi connectivity index (χ4n) is 2.05. The number of hydrogen-bond donors (Lipinski definition) is 2. The molecule has 0 unspecified atom stereocenters. The number of hydrogen-bond acceptors (Lipinski definition) is 8. The number of aliphatic hydroxyl groups is 1. The Balaban J connectivity index is 2.25. The van der Waals surface area contributed by atoms with E-state index in [0.29, 0.717) is 32.1 Å². The van der Waals surface area contributed by atoms with Crippen molar-refractivity contribution in [3.63, 3.8) is 0 Å². The average molecular weight is 337 g/mol. The molecular weight excluding hydrogens is 314 g/mol. The van der Waals surface area contributed by atoms with E-state index in [0.717, 1.165) is 5.69 Å². The van der Waals surface area contributed by atoms with Crippen molar-refractivity contribution in [2.75, 3.05) is 33.4 Å². The first-order valence-electron chi connectivity index (χ1n) is 7.65. The molecule has 1 aromatic heterocycles. The van der Waals surface area contributed by atoms with Crippen molar-refractivity contribution < 1.29 is 19.4 Å². The Labute approximate surface area is 140 Å². The molecule has 132 valence electrons. The van der Waals surface area contributed by atoms with Gasteiger partial charge in [-0.15, -0.1) is 10.2 Å². The molecule has 2 heterocycles.